The van der Waals surface area contributed by atoms with Crippen molar-refractivity contribution in [1.82, 2.24) is 4.90 Å². The number of methoxy groups -OCH3 is 1. The van der Waals surface area contributed by atoms with Gasteiger partial charge in [0.1, 0.15) is 0 Å². The van der Waals surface area contributed by atoms with Gasteiger partial charge in [0.05, 0.1) is 19.2 Å². The van der Waals surface area contributed by atoms with Gasteiger partial charge in [0.2, 0.25) is 11.8 Å². The van der Waals surface area contributed by atoms with Gasteiger partial charge in [-0.3, -0.25) is 14.5 Å². The zero-order valence-corrected chi connectivity index (χ0v) is 11.8. The van der Waals surface area contributed by atoms with Gasteiger partial charge in [-0.25, -0.2) is 4.79 Å². The third-order valence-electron chi connectivity index (χ3n) is 3.78. The number of rotatable bonds is 3. The lowest BCUT2D eigenvalue weighted by molar-refractivity contribution is -0.140. The molecule has 2 atom stereocenters. The largest absolute Gasteiger partial charge is 0.465 e. The second-order valence-corrected chi connectivity index (χ2v) is 5.03. The van der Waals surface area contributed by atoms with Crippen molar-refractivity contribution in [2.24, 2.45) is 11.8 Å². The van der Waals surface area contributed by atoms with E-state index in [9.17, 15) is 14.4 Å². The fourth-order valence-electron chi connectivity index (χ4n) is 2.23. The van der Waals surface area contributed by atoms with Crippen LogP contribution in [0.4, 0.5) is 0 Å². The molecule has 2 amide bonds. The minimum atomic E-state index is -0.410. The monoisotopic (exact) mass is 275 g/mol. The molecule has 1 aliphatic heterocycles. The van der Waals surface area contributed by atoms with E-state index in [1.807, 2.05) is 0 Å². The van der Waals surface area contributed by atoms with Crippen LogP contribution >= 0.6 is 0 Å². The van der Waals surface area contributed by atoms with Crippen LogP contribution in [0.5, 0.6) is 0 Å². The third-order valence-corrected chi connectivity index (χ3v) is 3.78. The molecule has 1 aromatic carbocycles. The van der Waals surface area contributed by atoms with Gasteiger partial charge in [0.25, 0.3) is 0 Å². The number of amides is 2. The van der Waals surface area contributed by atoms with Crippen molar-refractivity contribution in [1.29, 1.82) is 0 Å². The Labute approximate surface area is 117 Å². The zero-order valence-electron chi connectivity index (χ0n) is 11.8. The zero-order chi connectivity index (χ0) is 14.9. The quantitative estimate of drug-likeness (QED) is 0.621. The van der Waals surface area contributed by atoms with E-state index >= 15 is 0 Å². The molecule has 1 fully saturated rings. The average molecular weight is 275 g/mol. The summed E-state index contributed by atoms with van der Waals surface area (Å²) in [5, 5.41) is 0. The topological polar surface area (TPSA) is 63.7 Å². The van der Waals surface area contributed by atoms with Gasteiger partial charge in [0, 0.05) is 11.8 Å². The molecule has 0 aliphatic carbocycles. The highest BCUT2D eigenvalue weighted by Crippen LogP contribution is 2.26. The molecule has 0 bridgehead atoms. The Morgan fingerprint density at radius 2 is 1.60 bits per heavy atom. The van der Waals surface area contributed by atoms with Crippen LogP contribution in [0.25, 0.3) is 0 Å². The van der Waals surface area contributed by atoms with E-state index in [2.05, 4.69) is 4.74 Å². The summed E-state index contributed by atoms with van der Waals surface area (Å²) in [5.74, 6) is -1.22. The maximum Gasteiger partial charge on any atom is 0.337 e. The van der Waals surface area contributed by atoms with E-state index in [4.69, 9.17) is 0 Å². The van der Waals surface area contributed by atoms with Crippen molar-refractivity contribution in [3.63, 3.8) is 0 Å². The van der Waals surface area contributed by atoms with Crippen LogP contribution in [-0.2, 0) is 20.9 Å². The SMILES string of the molecule is COC(=O)c1ccc(CN2C(=O)C(C)C(C)C2=O)cc1. The summed E-state index contributed by atoms with van der Waals surface area (Å²) in [7, 11) is 1.32. The summed E-state index contributed by atoms with van der Waals surface area (Å²) in [6.07, 6.45) is 0. The highest BCUT2D eigenvalue weighted by atomic mass is 16.5. The minimum absolute atomic E-state index is 0.139. The van der Waals surface area contributed by atoms with Crippen LogP contribution in [0.3, 0.4) is 0 Å². The average Bonchev–Trinajstić information content (AvgIpc) is 2.65. The lowest BCUT2D eigenvalue weighted by atomic mass is 10.00. The molecule has 1 heterocycles. The number of benzene rings is 1. The molecule has 1 aromatic rings. The van der Waals surface area contributed by atoms with E-state index in [1.165, 1.54) is 12.0 Å². The van der Waals surface area contributed by atoms with Crippen molar-refractivity contribution in [2.45, 2.75) is 20.4 Å². The molecule has 5 heteroatoms. The van der Waals surface area contributed by atoms with E-state index in [0.717, 1.165) is 5.56 Å². The fourth-order valence-corrected chi connectivity index (χ4v) is 2.23. The Balaban J connectivity index is 2.13. The van der Waals surface area contributed by atoms with Gasteiger partial charge in [-0.15, -0.1) is 0 Å². The predicted molar refractivity (Wildman–Crippen MR) is 71.7 cm³/mol. The molecule has 1 aliphatic rings. The Morgan fingerprint density at radius 3 is 2.05 bits per heavy atom. The van der Waals surface area contributed by atoms with Gasteiger partial charge in [-0.05, 0) is 17.7 Å². The van der Waals surface area contributed by atoms with Crippen LogP contribution in [0.2, 0.25) is 0 Å². The molecular formula is C15H17NO4. The first-order chi connectivity index (χ1) is 9.45. The van der Waals surface area contributed by atoms with Crippen LogP contribution in [0, 0.1) is 11.8 Å². The number of hydrogen-bond donors (Lipinski definition) is 0. The van der Waals surface area contributed by atoms with Gasteiger partial charge >= 0.3 is 5.97 Å². The third kappa shape index (κ3) is 2.43. The molecule has 106 valence electrons. The number of carbonyl (C=O) groups is 3. The van der Waals surface area contributed by atoms with Crippen molar-refractivity contribution < 1.29 is 19.1 Å². The number of ether oxygens (including phenoxy) is 1. The van der Waals surface area contributed by atoms with E-state index in [1.54, 1.807) is 38.1 Å². The molecule has 2 rings (SSSR count). The Morgan fingerprint density at radius 1 is 1.10 bits per heavy atom. The van der Waals surface area contributed by atoms with Gasteiger partial charge in [-0.2, -0.15) is 0 Å². The van der Waals surface area contributed by atoms with Crippen molar-refractivity contribution in [3.8, 4) is 0 Å². The van der Waals surface area contributed by atoms with Crippen LogP contribution in [0.1, 0.15) is 29.8 Å². The first-order valence-corrected chi connectivity index (χ1v) is 6.48. The first-order valence-electron chi connectivity index (χ1n) is 6.48. The smallest absolute Gasteiger partial charge is 0.337 e. The lowest BCUT2D eigenvalue weighted by Gasteiger charge is -2.14. The maximum atomic E-state index is 12.0. The van der Waals surface area contributed by atoms with Crippen molar-refractivity contribution in [3.05, 3.63) is 35.4 Å². The number of carbonyl (C=O) groups excluding carboxylic acids is 3. The number of imide groups is 1. The van der Waals surface area contributed by atoms with Crippen molar-refractivity contribution in [2.75, 3.05) is 7.11 Å². The van der Waals surface area contributed by atoms with Crippen molar-refractivity contribution >= 4 is 17.8 Å². The van der Waals surface area contributed by atoms with E-state index < -0.39 is 5.97 Å². The highest BCUT2D eigenvalue weighted by molar-refractivity contribution is 6.04. The summed E-state index contributed by atoms with van der Waals surface area (Å²) in [6.45, 7) is 3.78. The lowest BCUT2D eigenvalue weighted by Crippen LogP contribution is -2.30. The van der Waals surface area contributed by atoms with Crippen LogP contribution in [-0.4, -0.2) is 29.8 Å². The normalized spacial score (nSPS) is 22.2. The first kappa shape index (κ1) is 14.2. The summed E-state index contributed by atoms with van der Waals surface area (Å²) < 4.78 is 4.61. The molecule has 0 aromatic heterocycles. The molecule has 0 saturated carbocycles. The molecule has 0 radical (unpaired) electrons. The van der Waals surface area contributed by atoms with Gasteiger partial charge in [0.15, 0.2) is 0 Å². The molecule has 0 N–H and O–H groups in total. The maximum absolute atomic E-state index is 12.0. The van der Waals surface area contributed by atoms with Gasteiger partial charge in [-0.1, -0.05) is 26.0 Å². The second-order valence-electron chi connectivity index (χ2n) is 5.03. The summed E-state index contributed by atoms with van der Waals surface area (Å²) in [5.41, 5.74) is 1.25. The number of nitrogens with zero attached hydrogens (tertiary/aromatic N) is 1. The standard InChI is InChI=1S/C15H17NO4/c1-9-10(2)14(18)16(13(9)17)8-11-4-6-12(7-5-11)15(19)20-3/h4-7,9-10H,8H2,1-3H3. The Hall–Kier alpha value is -2.17. The summed E-state index contributed by atoms with van der Waals surface area (Å²) in [4.78, 5) is 36.6. The predicted octanol–water partition coefficient (Wildman–Crippen LogP) is 1.61. The molecular weight excluding hydrogens is 258 g/mol. The summed E-state index contributed by atoms with van der Waals surface area (Å²) >= 11 is 0. The number of hydrogen-bond acceptors (Lipinski definition) is 4. The highest BCUT2D eigenvalue weighted by Gasteiger charge is 2.41. The van der Waals surface area contributed by atoms with E-state index in [0.29, 0.717) is 5.56 Å². The summed E-state index contributed by atoms with van der Waals surface area (Å²) in [6, 6.07) is 6.69. The van der Waals surface area contributed by atoms with Crippen LogP contribution in [0.15, 0.2) is 24.3 Å². The van der Waals surface area contributed by atoms with Crippen LogP contribution < -0.4 is 0 Å². The number of esters is 1. The molecule has 2 unspecified atom stereocenters. The van der Waals surface area contributed by atoms with E-state index in [-0.39, 0.29) is 30.2 Å². The molecule has 20 heavy (non-hydrogen) atoms. The molecule has 5 nitrogen and oxygen atoms in total. The molecule has 0 spiro atoms. The fraction of sp³-hybridized carbons (Fsp3) is 0.400. The minimum Gasteiger partial charge on any atom is -0.465 e. The Bertz CT molecular complexity index is 529. The van der Waals surface area contributed by atoms with Gasteiger partial charge < -0.3 is 4.74 Å². The number of likely N-dealkylation sites (tertiary alicyclic amines) is 1. The second kappa shape index (κ2) is 5.45. The molecule has 1 saturated heterocycles. The Kier molecular flexibility index (Phi) is 3.88.